The van der Waals surface area contributed by atoms with Gasteiger partial charge in [-0.1, -0.05) is 54.7 Å². The van der Waals surface area contributed by atoms with Crippen molar-refractivity contribution in [1.82, 2.24) is 9.97 Å². The first kappa shape index (κ1) is 26.5. The van der Waals surface area contributed by atoms with Crippen LogP contribution in [0.4, 0.5) is 10.5 Å². The van der Waals surface area contributed by atoms with Gasteiger partial charge in [0.25, 0.3) is 0 Å². The molecule has 1 heterocycles. The van der Waals surface area contributed by atoms with Crippen molar-refractivity contribution in [1.29, 1.82) is 5.41 Å². The van der Waals surface area contributed by atoms with Crippen LogP contribution in [0, 0.1) is 12.3 Å². The van der Waals surface area contributed by atoms with Crippen molar-refractivity contribution in [3.63, 3.8) is 0 Å². The predicted molar refractivity (Wildman–Crippen MR) is 150 cm³/mol. The van der Waals surface area contributed by atoms with Crippen LogP contribution in [0.2, 0.25) is 0 Å². The average molecular weight is 530 g/mol. The number of carbonyl (C=O) groups is 2. The number of thiocarbonyl (C=S) groups is 1. The molecule has 0 atom stereocenters. The number of anilines is 1. The number of para-hydroxylation sites is 1. The molecule has 0 aliphatic heterocycles. The predicted octanol–water partition coefficient (Wildman–Crippen LogP) is 4.88. The number of aryl methyl sites for hydroxylation is 1. The lowest BCUT2D eigenvalue weighted by molar-refractivity contribution is -0.142. The fourth-order valence-corrected chi connectivity index (χ4v) is 4.10. The number of H-pyrrole nitrogens is 1. The monoisotopic (exact) mass is 529 g/mol. The van der Waals surface area contributed by atoms with Crippen LogP contribution in [-0.2, 0) is 9.53 Å². The molecule has 4 N–H and O–H groups in total. The van der Waals surface area contributed by atoms with E-state index >= 15 is 0 Å². The van der Waals surface area contributed by atoms with Crippen molar-refractivity contribution in [3.8, 4) is 5.75 Å². The molecule has 0 bridgehead atoms. The Kier molecular flexibility index (Phi) is 8.12. The summed E-state index contributed by atoms with van der Waals surface area (Å²) in [5.41, 5.74) is 9.51. The number of benzene rings is 3. The molecule has 4 aromatic rings. The second kappa shape index (κ2) is 11.7. The Morgan fingerprint density at radius 3 is 2.39 bits per heavy atom. The molecule has 0 saturated heterocycles. The zero-order chi connectivity index (χ0) is 27.2. The highest BCUT2D eigenvalue weighted by atomic mass is 32.1. The van der Waals surface area contributed by atoms with E-state index < -0.39 is 12.1 Å². The van der Waals surface area contributed by atoms with Crippen LogP contribution in [0.1, 0.15) is 35.9 Å². The molecule has 10 heteroatoms. The summed E-state index contributed by atoms with van der Waals surface area (Å²) < 4.78 is 10.8. The minimum atomic E-state index is -0.625. The highest BCUT2D eigenvalue weighted by Crippen LogP contribution is 2.28. The summed E-state index contributed by atoms with van der Waals surface area (Å²) in [5.74, 6) is 0.428. The first-order valence-corrected chi connectivity index (χ1v) is 12.4. The second-order valence-electron chi connectivity index (χ2n) is 8.40. The SMILES string of the molecule is CCOC(=O)CCN(C(=O)Oc1ccc2[nH]c(C(=S)c3ccc(C(=N)N)cc3)nc2c1C)c1ccccc1. The van der Waals surface area contributed by atoms with Crippen LogP contribution >= 0.6 is 12.2 Å². The van der Waals surface area contributed by atoms with Crippen molar-refractivity contribution in [2.24, 2.45) is 5.73 Å². The number of nitrogens with two attached hydrogens (primary N) is 1. The molecule has 194 valence electrons. The lowest BCUT2D eigenvalue weighted by Crippen LogP contribution is -2.35. The number of fused-ring (bicyclic) bond motifs is 1. The van der Waals surface area contributed by atoms with E-state index in [1.165, 1.54) is 4.90 Å². The van der Waals surface area contributed by atoms with Crippen LogP contribution in [0.5, 0.6) is 5.75 Å². The van der Waals surface area contributed by atoms with Gasteiger partial charge < -0.3 is 20.2 Å². The van der Waals surface area contributed by atoms with Gasteiger partial charge in [-0.25, -0.2) is 9.78 Å². The number of esters is 1. The number of aromatic nitrogens is 2. The maximum absolute atomic E-state index is 13.2. The number of ether oxygens (including phenoxy) is 2. The molecular weight excluding hydrogens is 502 g/mol. The molecule has 0 spiro atoms. The third-order valence-corrected chi connectivity index (χ3v) is 6.29. The molecule has 0 unspecified atom stereocenters. The van der Waals surface area contributed by atoms with Gasteiger partial charge in [0.05, 0.1) is 28.9 Å². The number of hydrogen-bond donors (Lipinski definition) is 3. The molecule has 1 amide bonds. The Balaban J connectivity index is 1.57. The molecule has 1 aromatic heterocycles. The third-order valence-electron chi connectivity index (χ3n) is 5.86. The summed E-state index contributed by atoms with van der Waals surface area (Å²) in [4.78, 5) is 34.9. The third kappa shape index (κ3) is 5.87. The minimum absolute atomic E-state index is 0.0179. The topological polar surface area (TPSA) is 134 Å². The van der Waals surface area contributed by atoms with E-state index in [4.69, 9.17) is 32.8 Å². The Hall–Kier alpha value is -4.57. The zero-order valence-electron chi connectivity index (χ0n) is 21.0. The van der Waals surface area contributed by atoms with Crippen LogP contribution in [0.15, 0.2) is 66.7 Å². The largest absolute Gasteiger partial charge is 0.466 e. The van der Waals surface area contributed by atoms with Gasteiger partial charge in [0.2, 0.25) is 0 Å². The van der Waals surface area contributed by atoms with Gasteiger partial charge in [-0.2, -0.15) is 0 Å². The van der Waals surface area contributed by atoms with Crippen molar-refractivity contribution in [2.75, 3.05) is 18.1 Å². The van der Waals surface area contributed by atoms with Gasteiger partial charge in [-0.3, -0.25) is 15.1 Å². The average Bonchev–Trinajstić information content (AvgIpc) is 3.36. The summed E-state index contributed by atoms with van der Waals surface area (Å²) in [6.07, 6.45) is -0.594. The van der Waals surface area contributed by atoms with Crippen molar-refractivity contribution in [2.45, 2.75) is 20.3 Å². The molecule has 4 rings (SSSR count). The van der Waals surface area contributed by atoms with Gasteiger partial charge in [0.15, 0.2) is 0 Å². The van der Waals surface area contributed by atoms with E-state index in [0.717, 1.165) is 11.1 Å². The lowest BCUT2D eigenvalue weighted by atomic mass is 10.1. The van der Waals surface area contributed by atoms with Crippen molar-refractivity contribution >= 4 is 51.7 Å². The number of rotatable bonds is 9. The second-order valence-corrected chi connectivity index (χ2v) is 8.81. The molecular formula is C28H27N5O4S. The van der Waals surface area contributed by atoms with Crippen molar-refractivity contribution < 1.29 is 19.1 Å². The van der Waals surface area contributed by atoms with Gasteiger partial charge in [-0.05, 0) is 43.7 Å². The number of carbonyl (C=O) groups excluding carboxylic acids is 2. The summed E-state index contributed by atoms with van der Waals surface area (Å²) in [6.45, 7) is 3.92. The number of amidine groups is 1. The maximum atomic E-state index is 13.2. The molecule has 0 aliphatic rings. The van der Waals surface area contributed by atoms with E-state index in [2.05, 4.69) is 9.97 Å². The number of imidazole rings is 1. The fourth-order valence-electron chi connectivity index (χ4n) is 3.87. The first-order chi connectivity index (χ1) is 18.3. The van der Waals surface area contributed by atoms with Crippen LogP contribution in [-0.4, -0.2) is 45.9 Å². The van der Waals surface area contributed by atoms with Gasteiger partial charge in [0.1, 0.15) is 17.4 Å². The summed E-state index contributed by atoms with van der Waals surface area (Å²) in [6, 6.07) is 19.5. The number of hydrogen-bond acceptors (Lipinski definition) is 7. The van der Waals surface area contributed by atoms with E-state index in [9.17, 15) is 9.59 Å². The first-order valence-electron chi connectivity index (χ1n) is 12.0. The van der Waals surface area contributed by atoms with Gasteiger partial charge >= 0.3 is 12.1 Å². The molecule has 0 aliphatic carbocycles. The number of aromatic amines is 1. The number of nitrogen functional groups attached to an aromatic ring is 1. The Labute approximate surface area is 225 Å². The normalized spacial score (nSPS) is 10.7. The van der Waals surface area contributed by atoms with E-state index in [0.29, 0.717) is 38.8 Å². The molecule has 0 saturated carbocycles. The van der Waals surface area contributed by atoms with E-state index in [1.807, 2.05) is 13.0 Å². The maximum Gasteiger partial charge on any atom is 0.419 e. The van der Waals surface area contributed by atoms with Crippen LogP contribution in [0.25, 0.3) is 11.0 Å². The van der Waals surface area contributed by atoms with E-state index in [1.54, 1.807) is 67.6 Å². The summed E-state index contributed by atoms with van der Waals surface area (Å²) in [5, 5.41) is 7.54. The number of nitrogens with one attached hydrogen (secondary N) is 2. The zero-order valence-corrected chi connectivity index (χ0v) is 21.8. The molecule has 0 fully saturated rings. The van der Waals surface area contributed by atoms with E-state index in [-0.39, 0.29) is 25.4 Å². The fraction of sp³-hybridized carbons (Fsp3) is 0.179. The highest BCUT2D eigenvalue weighted by Gasteiger charge is 2.22. The smallest absolute Gasteiger partial charge is 0.419 e. The Morgan fingerprint density at radius 1 is 1.05 bits per heavy atom. The Bertz CT molecular complexity index is 1500. The Morgan fingerprint density at radius 2 is 1.74 bits per heavy atom. The standard InChI is InChI=1S/C28H27N5O4S/c1-3-36-23(34)15-16-33(20-7-5-4-6-8-20)28(35)37-22-14-13-21-24(17(22)2)32-27(31-21)25(38)18-9-11-19(12-10-18)26(29)30/h4-14H,3,15-16H2,1-2H3,(H3,29,30)(H,31,32). The van der Waals surface area contributed by atoms with Crippen LogP contribution in [0.3, 0.4) is 0 Å². The van der Waals surface area contributed by atoms with Gasteiger partial charge in [-0.15, -0.1) is 0 Å². The summed E-state index contributed by atoms with van der Waals surface area (Å²) in [7, 11) is 0. The summed E-state index contributed by atoms with van der Waals surface area (Å²) >= 11 is 5.63. The highest BCUT2D eigenvalue weighted by molar-refractivity contribution is 7.81. The molecule has 3 aromatic carbocycles. The van der Waals surface area contributed by atoms with Crippen molar-refractivity contribution in [3.05, 3.63) is 89.2 Å². The molecule has 0 radical (unpaired) electrons. The molecule has 9 nitrogen and oxygen atoms in total. The lowest BCUT2D eigenvalue weighted by Gasteiger charge is -2.22. The number of amides is 1. The minimum Gasteiger partial charge on any atom is -0.466 e. The van der Waals surface area contributed by atoms with Gasteiger partial charge in [0, 0.05) is 23.4 Å². The van der Waals surface area contributed by atoms with Crippen LogP contribution < -0.4 is 15.4 Å². The number of nitrogens with zero attached hydrogens (tertiary/aromatic N) is 2. The quantitative estimate of drug-likeness (QED) is 0.0925. The molecule has 38 heavy (non-hydrogen) atoms.